The maximum absolute atomic E-state index is 13.5. The molecule has 1 atom stereocenters. The summed E-state index contributed by atoms with van der Waals surface area (Å²) in [4.78, 5) is 19.7. The van der Waals surface area contributed by atoms with Gasteiger partial charge in [-0.3, -0.25) is 4.79 Å². The van der Waals surface area contributed by atoms with Crippen molar-refractivity contribution >= 4 is 5.91 Å². The topological polar surface area (TPSA) is 38.1 Å². The first-order valence-electron chi connectivity index (χ1n) is 9.19. The van der Waals surface area contributed by atoms with Gasteiger partial charge in [0.2, 0.25) is 5.91 Å². The van der Waals surface area contributed by atoms with Gasteiger partial charge < -0.3 is 9.47 Å². The highest BCUT2D eigenvalue weighted by atomic mass is 16.2. The van der Waals surface area contributed by atoms with Crippen molar-refractivity contribution in [2.45, 2.75) is 24.8 Å². The van der Waals surface area contributed by atoms with Crippen LogP contribution in [0, 0.1) is 0 Å². The molecule has 0 radical (unpaired) electrons. The number of hydrogen-bond acceptors (Lipinski definition) is 2. The molecule has 4 nitrogen and oxygen atoms in total. The molecular weight excluding hydrogens is 322 g/mol. The highest BCUT2D eigenvalue weighted by Crippen LogP contribution is 2.30. The molecule has 1 unspecified atom stereocenters. The molecule has 1 aromatic heterocycles. The fourth-order valence-corrected chi connectivity index (χ4v) is 3.83. The van der Waals surface area contributed by atoms with E-state index in [0.717, 1.165) is 37.1 Å². The lowest BCUT2D eigenvalue weighted by Gasteiger charge is -2.35. The van der Waals surface area contributed by atoms with Crippen molar-refractivity contribution in [3.8, 4) is 0 Å². The third-order valence-corrected chi connectivity index (χ3v) is 5.17. The Bertz CT molecular complexity index is 791. The molecule has 0 N–H and O–H groups in total. The summed E-state index contributed by atoms with van der Waals surface area (Å²) in [5.41, 5.74) is 2.10. The molecule has 26 heavy (non-hydrogen) atoms. The Morgan fingerprint density at radius 3 is 2.23 bits per heavy atom. The molecular formula is C22H23N3O. The van der Waals surface area contributed by atoms with Crippen LogP contribution >= 0.6 is 0 Å². The largest absolute Gasteiger partial charge is 0.340 e. The molecule has 1 aliphatic rings. The van der Waals surface area contributed by atoms with Crippen molar-refractivity contribution in [3.05, 3.63) is 90.5 Å². The van der Waals surface area contributed by atoms with E-state index in [-0.39, 0.29) is 11.8 Å². The quantitative estimate of drug-likeness (QED) is 0.720. The average molecular weight is 345 g/mol. The van der Waals surface area contributed by atoms with Crippen LogP contribution < -0.4 is 0 Å². The van der Waals surface area contributed by atoms with Gasteiger partial charge in [-0.25, -0.2) is 4.98 Å². The summed E-state index contributed by atoms with van der Waals surface area (Å²) < 4.78 is 2.12. The zero-order valence-electron chi connectivity index (χ0n) is 14.7. The predicted molar refractivity (Wildman–Crippen MR) is 102 cm³/mol. The second-order valence-electron chi connectivity index (χ2n) is 6.84. The Labute approximate surface area is 154 Å². The lowest BCUT2D eigenvalue weighted by molar-refractivity contribution is -0.133. The molecule has 3 aromatic rings. The van der Waals surface area contributed by atoms with Crippen molar-refractivity contribution in [2.24, 2.45) is 0 Å². The Kier molecular flexibility index (Phi) is 4.82. The first-order chi connectivity index (χ1) is 12.8. The number of aromatic nitrogens is 2. The SMILES string of the molecule is O=C(C(c1ccccc1)c1ccccc1)N1CCCC(n2ccnc2)C1. The number of imidazole rings is 1. The summed E-state index contributed by atoms with van der Waals surface area (Å²) in [5.74, 6) is -0.0637. The first-order valence-corrected chi connectivity index (χ1v) is 9.19. The fraction of sp³-hybridized carbons (Fsp3) is 0.273. The van der Waals surface area contributed by atoms with Gasteiger partial charge in [0.1, 0.15) is 0 Å². The van der Waals surface area contributed by atoms with Crippen molar-refractivity contribution in [1.82, 2.24) is 14.5 Å². The van der Waals surface area contributed by atoms with Crippen LogP contribution in [-0.2, 0) is 4.79 Å². The lowest BCUT2D eigenvalue weighted by Crippen LogP contribution is -2.43. The van der Waals surface area contributed by atoms with Crippen molar-refractivity contribution in [2.75, 3.05) is 13.1 Å². The summed E-state index contributed by atoms with van der Waals surface area (Å²) >= 11 is 0. The number of benzene rings is 2. The van der Waals surface area contributed by atoms with Gasteiger partial charge in [0.25, 0.3) is 0 Å². The van der Waals surface area contributed by atoms with Gasteiger partial charge in [0, 0.05) is 25.5 Å². The standard InChI is InChI=1S/C22H23N3O/c26-22(24-14-7-12-20(16-24)25-15-13-23-17-25)21(18-8-3-1-4-9-18)19-10-5-2-6-11-19/h1-6,8-11,13,15,17,20-21H,7,12,14,16H2. The number of hydrogen-bond donors (Lipinski definition) is 0. The van der Waals surface area contributed by atoms with E-state index in [0.29, 0.717) is 6.04 Å². The van der Waals surface area contributed by atoms with Crippen LogP contribution in [0.25, 0.3) is 0 Å². The van der Waals surface area contributed by atoms with Crippen molar-refractivity contribution in [1.29, 1.82) is 0 Å². The summed E-state index contributed by atoms with van der Waals surface area (Å²) in [7, 11) is 0. The van der Waals surface area contributed by atoms with Crippen LogP contribution in [0.5, 0.6) is 0 Å². The van der Waals surface area contributed by atoms with Crippen LogP contribution in [0.3, 0.4) is 0 Å². The zero-order valence-corrected chi connectivity index (χ0v) is 14.7. The number of carbonyl (C=O) groups excluding carboxylic acids is 1. The van der Waals surface area contributed by atoms with Crippen LogP contribution in [0.1, 0.15) is 35.9 Å². The number of rotatable bonds is 4. The van der Waals surface area contributed by atoms with Gasteiger partial charge in [-0.05, 0) is 24.0 Å². The second kappa shape index (κ2) is 7.56. The number of amides is 1. The first kappa shape index (κ1) is 16.6. The van der Waals surface area contributed by atoms with E-state index in [1.807, 2.05) is 78.1 Å². The molecule has 4 heteroatoms. The van der Waals surface area contributed by atoms with E-state index < -0.39 is 0 Å². The average Bonchev–Trinajstić information content (AvgIpc) is 3.25. The van der Waals surface area contributed by atoms with Crippen LogP contribution in [0.15, 0.2) is 79.4 Å². The lowest BCUT2D eigenvalue weighted by atomic mass is 9.89. The molecule has 1 saturated heterocycles. The molecule has 1 amide bonds. The van der Waals surface area contributed by atoms with Gasteiger partial charge in [-0.15, -0.1) is 0 Å². The molecule has 1 fully saturated rings. The Morgan fingerprint density at radius 1 is 1.00 bits per heavy atom. The smallest absolute Gasteiger partial charge is 0.234 e. The number of piperidine rings is 1. The zero-order chi connectivity index (χ0) is 17.8. The minimum atomic E-state index is -0.251. The summed E-state index contributed by atoms with van der Waals surface area (Å²) in [6.45, 7) is 1.56. The maximum Gasteiger partial charge on any atom is 0.234 e. The van der Waals surface area contributed by atoms with Gasteiger partial charge in [0.15, 0.2) is 0 Å². The van der Waals surface area contributed by atoms with Gasteiger partial charge in [-0.1, -0.05) is 60.7 Å². The van der Waals surface area contributed by atoms with Crippen LogP contribution in [0.4, 0.5) is 0 Å². The Balaban J connectivity index is 1.62. The normalized spacial score (nSPS) is 17.4. The molecule has 2 heterocycles. The van der Waals surface area contributed by atoms with E-state index in [1.165, 1.54) is 0 Å². The number of nitrogens with zero attached hydrogens (tertiary/aromatic N) is 3. The minimum Gasteiger partial charge on any atom is -0.340 e. The number of carbonyl (C=O) groups is 1. The molecule has 2 aromatic carbocycles. The highest BCUT2D eigenvalue weighted by Gasteiger charge is 2.31. The minimum absolute atomic E-state index is 0.187. The van der Waals surface area contributed by atoms with Crippen molar-refractivity contribution in [3.63, 3.8) is 0 Å². The molecule has 0 saturated carbocycles. The highest BCUT2D eigenvalue weighted by molar-refractivity contribution is 5.87. The third-order valence-electron chi connectivity index (χ3n) is 5.17. The molecule has 132 valence electrons. The second-order valence-corrected chi connectivity index (χ2v) is 6.84. The summed E-state index contributed by atoms with van der Waals surface area (Å²) in [6.07, 6.45) is 7.75. The molecule has 0 spiro atoms. The van der Waals surface area contributed by atoms with E-state index >= 15 is 0 Å². The van der Waals surface area contributed by atoms with E-state index in [1.54, 1.807) is 6.20 Å². The van der Waals surface area contributed by atoms with Gasteiger partial charge in [-0.2, -0.15) is 0 Å². The molecule has 1 aliphatic heterocycles. The number of likely N-dealkylation sites (tertiary alicyclic amines) is 1. The van der Waals surface area contributed by atoms with Crippen LogP contribution in [0.2, 0.25) is 0 Å². The summed E-state index contributed by atoms with van der Waals surface area (Å²) in [6, 6.07) is 20.5. The van der Waals surface area contributed by atoms with E-state index in [9.17, 15) is 4.79 Å². The van der Waals surface area contributed by atoms with Gasteiger partial charge in [0.05, 0.1) is 18.3 Å². The maximum atomic E-state index is 13.5. The van der Waals surface area contributed by atoms with Gasteiger partial charge >= 0.3 is 0 Å². The Morgan fingerprint density at radius 2 is 1.65 bits per heavy atom. The summed E-state index contributed by atoms with van der Waals surface area (Å²) in [5, 5.41) is 0. The van der Waals surface area contributed by atoms with Crippen LogP contribution in [-0.4, -0.2) is 33.4 Å². The Hall–Kier alpha value is -2.88. The molecule has 0 bridgehead atoms. The van der Waals surface area contributed by atoms with Crippen molar-refractivity contribution < 1.29 is 4.79 Å². The van der Waals surface area contributed by atoms with E-state index in [4.69, 9.17) is 0 Å². The predicted octanol–water partition coefficient (Wildman–Crippen LogP) is 3.88. The van der Waals surface area contributed by atoms with E-state index in [2.05, 4.69) is 9.55 Å². The molecule has 0 aliphatic carbocycles. The third kappa shape index (κ3) is 3.40. The monoisotopic (exact) mass is 345 g/mol. The molecule has 4 rings (SSSR count). The fourth-order valence-electron chi connectivity index (χ4n) is 3.83.